The molecule has 0 aliphatic heterocycles. The van der Waals surface area contributed by atoms with Gasteiger partial charge in [-0.3, -0.25) is 0 Å². The molecule has 0 N–H and O–H groups in total. The lowest BCUT2D eigenvalue weighted by Gasteiger charge is -2.37. The summed E-state index contributed by atoms with van der Waals surface area (Å²) in [6, 6.07) is 3.37. The van der Waals surface area contributed by atoms with E-state index in [9.17, 15) is 4.39 Å². The highest BCUT2D eigenvalue weighted by Gasteiger charge is 2.30. The number of nitrogens with zero attached hydrogens (tertiary/aromatic N) is 1. The average Bonchev–Trinajstić information content (AvgIpc) is 2.62. The van der Waals surface area contributed by atoms with Crippen LogP contribution in [0, 0.1) is 29.6 Å². The van der Waals surface area contributed by atoms with Crippen LogP contribution in [0.2, 0.25) is 0 Å². The van der Waals surface area contributed by atoms with Gasteiger partial charge in [0.2, 0.25) is 5.95 Å². The minimum Gasteiger partial charge on any atom is -0.228 e. The molecule has 2 aliphatic rings. The van der Waals surface area contributed by atoms with Gasteiger partial charge in [-0.15, -0.1) is 0 Å². The summed E-state index contributed by atoms with van der Waals surface area (Å²) in [6.45, 7) is 2.35. The van der Waals surface area contributed by atoms with Crippen LogP contribution in [0.3, 0.4) is 0 Å². The lowest BCUT2D eigenvalue weighted by molar-refractivity contribution is 0.142. The van der Waals surface area contributed by atoms with Crippen molar-refractivity contribution in [1.82, 2.24) is 4.98 Å². The smallest absolute Gasteiger partial charge is 0.212 e. The van der Waals surface area contributed by atoms with E-state index in [0.717, 1.165) is 30.1 Å². The Balaban J connectivity index is 1.38. The normalized spacial score (nSPS) is 31.9. The maximum atomic E-state index is 12.8. The van der Waals surface area contributed by atoms with E-state index in [1.54, 1.807) is 6.20 Å². The zero-order valence-corrected chi connectivity index (χ0v) is 14.6. The van der Waals surface area contributed by atoms with Gasteiger partial charge in [0.25, 0.3) is 0 Å². The van der Waals surface area contributed by atoms with Crippen molar-refractivity contribution < 1.29 is 4.39 Å². The third-order valence-corrected chi connectivity index (χ3v) is 6.66. The van der Waals surface area contributed by atoms with Gasteiger partial charge in [0.1, 0.15) is 0 Å². The number of hydrogen-bond acceptors (Lipinski definition) is 1. The predicted molar refractivity (Wildman–Crippen MR) is 93.7 cm³/mol. The Morgan fingerprint density at radius 3 is 2.04 bits per heavy atom. The van der Waals surface area contributed by atoms with Crippen LogP contribution >= 0.6 is 0 Å². The zero-order chi connectivity index (χ0) is 16.1. The first-order chi connectivity index (χ1) is 11.2. The molecule has 2 fully saturated rings. The summed E-state index contributed by atoms with van der Waals surface area (Å²) in [5, 5.41) is 0. The maximum Gasteiger partial charge on any atom is 0.212 e. The van der Waals surface area contributed by atoms with Gasteiger partial charge in [-0.1, -0.05) is 45.1 Å². The van der Waals surface area contributed by atoms with Crippen LogP contribution in [0.15, 0.2) is 18.3 Å². The topological polar surface area (TPSA) is 12.9 Å². The molecule has 2 aliphatic carbocycles. The van der Waals surface area contributed by atoms with Crippen LogP contribution in [0.25, 0.3) is 0 Å². The van der Waals surface area contributed by atoms with Gasteiger partial charge in [0.15, 0.2) is 0 Å². The fourth-order valence-corrected chi connectivity index (χ4v) is 4.94. The van der Waals surface area contributed by atoms with Gasteiger partial charge in [0.05, 0.1) is 0 Å². The molecule has 0 radical (unpaired) electrons. The summed E-state index contributed by atoms with van der Waals surface area (Å²) in [4.78, 5) is 3.76. The number of pyridine rings is 1. The number of hydrogen-bond donors (Lipinski definition) is 0. The van der Waals surface area contributed by atoms with E-state index < -0.39 is 0 Å². The van der Waals surface area contributed by atoms with E-state index in [4.69, 9.17) is 0 Å². The Hall–Kier alpha value is -0.920. The molecule has 3 rings (SSSR count). The van der Waals surface area contributed by atoms with E-state index in [1.807, 2.05) is 6.07 Å². The Kier molecular flexibility index (Phi) is 6.08. The molecule has 1 aromatic heterocycles. The van der Waals surface area contributed by atoms with Crippen LogP contribution < -0.4 is 0 Å². The van der Waals surface area contributed by atoms with Gasteiger partial charge in [-0.2, -0.15) is 4.39 Å². The van der Waals surface area contributed by atoms with Crippen molar-refractivity contribution in [3.05, 3.63) is 29.8 Å². The molecule has 128 valence electrons. The maximum absolute atomic E-state index is 12.8. The Bertz CT molecular complexity index is 453. The highest BCUT2D eigenvalue weighted by atomic mass is 19.1. The minimum absolute atomic E-state index is 0.368. The standard InChI is InChI=1S/C21H32FN/c1-2-16-5-10-19(11-6-16)20-12-7-17(8-13-20)3-4-18-9-14-21(22)23-15-18/h9,14-17,19-20H,2-8,10-13H2,1H3/t16-,17?,19-,20?. The highest BCUT2D eigenvalue weighted by Crippen LogP contribution is 2.42. The number of aromatic nitrogens is 1. The van der Waals surface area contributed by atoms with Crippen molar-refractivity contribution >= 4 is 0 Å². The summed E-state index contributed by atoms with van der Waals surface area (Å²) in [5.74, 6) is 3.57. The number of rotatable bonds is 5. The lowest BCUT2D eigenvalue weighted by Crippen LogP contribution is -2.25. The first-order valence-electron chi connectivity index (χ1n) is 9.85. The van der Waals surface area contributed by atoms with E-state index >= 15 is 0 Å². The Morgan fingerprint density at radius 1 is 0.913 bits per heavy atom. The van der Waals surface area contributed by atoms with Crippen LogP contribution in [-0.2, 0) is 6.42 Å². The number of aryl methyl sites for hydroxylation is 1. The molecule has 0 saturated heterocycles. The quantitative estimate of drug-likeness (QED) is 0.591. The van der Waals surface area contributed by atoms with Gasteiger partial charge in [-0.05, 0) is 73.8 Å². The molecule has 2 heteroatoms. The van der Waals surface area contributed by atoms with E-state index in [2.05, 4.69) is 11.9 Å². The highest BCUT2D eigenvalue weighted by molar-refractivity contribution is 5.09. The molecule has 0 aromatic carbocycles. The van der Waals surface area contributed by atoms with Crippen LogP contribution in [-0.4, -0.2) is 4.98 Å². The predicted octanol–water partition coefficient (Wildman–Crippen LogP) is 6.18. The second-order valence-corrected chi connectivity index (χ2v) is 8.00. The summed E-state index contributed by atoms with van der Waals surface area (Å²) in [6.07, 6.45) is 17.1. The summed E-state index contributed by atoms with van der Waals surface area (Å²) < 4.78 is 12.8. The monoisotopic (exact) mass is 317 g/mol. The zero-order valence-electron chi connectivity index (χ0n) is 14.6. The average molecular weight is 317 g/mol. The van der Waals surface area contributed by atoms with E-state index in [1.165, 1.54) is 75.8 Å². The van der Waals surface area contributed by atoms with E-state index in [-0.39, 0.29) is 5.95 Å². The van der Waals surface area contributed by atoms with Crippen molar-refractivity contribution in [2.45, 2.75) is 77.6 Å². The van der Waals surface area contributed by atoms with E-state index in [0.29, 0.717) is 0 Å². The summed E-state index contributed by atoms with van der Waals surface area (Å²) in [5.41, 5.74) is 1.19. The van der Waals surface area contributed by atoms with Crippen molar-refractivity contribution in [3.8, 4) is 0 Å². The lowest BCUT2D eigenvalue weighted by atomic mass is 9.68. The third kappa shape index (κ3) is 4.78. The number of halogens is 1. The molecule has 0 unspecified atom stereocenters. The summed E-state index contributed by atoms with van der Waals surface area (Å²) in [7, 11) is 0. The molecule has 0 bridgehead atoms. The van der Waals surface area contributed by atoms with Gasteiger partial charge in [-0.25, -0.2) is 4.98 Å². The van der Waals surface area contributed by atoms with Gasteiger partial charge < -0.3 is 0 Å². The van der Waals surface area contributed by atoms with Crippen LogP contribution in [0.4, 0.5) is 4.39 Å². The molecule has 0 atom stereocenters. The first kappa shape index (κ1) is 16.9. The summed E-state index contributed by atoms with van der Waals surface area (Å²) >= 11 is 0. The largest absolute Gasteiger partial charge is 0.228 e. The second-order valence-electron chi connectivity index (χ2n) is 8.00. The molecule has 1 aromatic rings. The minimum atomic E-state index is -0.368. The molecule has 0 spiro atoms. The SMILES string of the molecule is CC[C@H]1CC[C@H](C2CCC(CCc3ccc(F)nc3)CC2)CC1. The second kappa shape index (κ2) is 8.26. The third-order valence-electron chi connectivity index (χ3n) is 6.66. The van der Waals surface area contributed by atoms with Crippen molar-refractivity contribution in [2.24, 2.45) is 23.7 Å². The van der Waals surface area contributed by atoms with Gasteiger partial charge >= 0.3 is 0 Å². The first-order valence-corrected chi connectivity index (χ1v) is 9.85. The molecule has 1 heterocycles. The molecule has 0 amide bonds. The van der Waals surface area contributed by atoms with Crippen molar-refractivity contribution in [2.75, 3.05) is 0 Å². The molecular weight excluding hydrogens is 285 g/mol. The fraction of sp³-hybridized carbons (Fsp3) is 0.762. The molecule has 1 nitrogen and oxygen atoms in total. The molecular formula is C21H32FN. The van der Waals surface area contributed by atoms with Gasteiger partial charge in [0, 0.05) is 6.20 Å². The Labute approximate surface area is 141 Å². The van der Waals surface area contributed by atoms with Crippen molar-refractivity contribution in [1.29, 1.82) is 0 Å². The fourth-order valence-electron chi connectivity index (χ4n) is 4.94. The van der Waals surface area contributed by atoms with Crippen molar-refractivity contribution in [3.63, 3.8) is 0 Å². The molecule has 23 heavy (non-hydrogen) atoms. The van der Waals surface area contributed by atoms with Crippen LogP contribution in [0.1, 0.15) is 76.7 Å². The molecule has 2 saturated carbocycles. The Morgan fingerprint density at radius 2 is 1.52 bits per heavy atom. The van der Waals surface area contributed by atoms with Crippen LogP contribution in [0.5, 0.6) is 0 Å².